The molecule has 6 aromatic heterocycles. The summed E-state index contributed by atoms with van der Waals surface area (Å²) in [5.41, 5.74) is -2.87. The Hall–Kier alpha value is -6.58. The molecule has 0 aliphatic carbocycles. The number of aromatic nitrogens is 10. The van der Waals surface area contributed by atoms with Gasteiger partial charge in [-0.15, -0.1) is 20.4 Å². The zero-order valence-electron chi connectivity index (χ0n) is 39.9. The molecule has 0 saturated carbocycles. The quantitative estimate of drug-likeness (QED) is 0.0932. The first-order valence-electron chi connectivity index (χ1n) is 21.4. The second-order valence-electron chi connectivity index (χ2n) is 16.5. The van der Waals surface area contributed by atoms with Gasteiger partial charge < -0.3 is 38.0 Å². The maximum absolute atomic E-state index is 13.3. The Morgan fingerprint density at radius 1 is 0.542 bits per heavy atom. The lowest BCUT2D eigenvalue weighted by Gasteiger charge is -2.21. The number of benzene rings is 2. The molecule has 0 radical (unpaired) electrons. The van der Waals surface area contributed by atoms with Crippen molar-refractivity contribution in [3.8, 4) is 57.5 Å². The summed E-state index contributed by atoms with van der Waals surface area (Å²) in [7, 11) is -1.96. The fourth-order valence-corrected chi connectivity index (χ4v) is 11.2. The maximum Gasteiger partial charge on any atom is 0.204 e. The molecule has 0 spiro atoms. The molecule has 8 aromatic rings. The number of nitrogens with zero attached hydrogens (tertiary/aromatic N) is 10. The third-order valence-electron chi connectivity index (χ3n) is 10.5. The van der Waals surface area contributed by atoms with Gasteiger partial charge >= 0.3 is 0 Å². The van der Waals surface area contributed by atoms with Gasteiger partial charge in [0, 0.05) is 24.8 Å². The van der Waals surface area contributed by atoms with E-state index in [1.807, 2.05) is 0 Å². The van der Waals surface area contributed by atoms with Gasteiger partial charge in [0.2, 0.25) is 11.6 Å². The number of hydrogen-bond acceptors (Lipinski definition) is 20. The van der Waals surface area contributed by atoms with Gasteiger partial charge in [-0.05, 0) is 108 Å². The normalized spacial score (nSPS) is 13.4. The third kappa shape index (κ3) is 12.0. The van der Waals surface area contributed by atoms with E-state index in [1.165, 1.54) is 76.2 Å². The average Bonchev–Trinajstić information content (AvgIpc) is 4.15. The van der Waals surface area contributed by atoms with Crippen molar-refractivity contribution in [1.82, 2.24) is 49.5 Å². The molecule has 0 aliphatic rings. The van der Waals surface area contributed by atoms with Crippen molar-refractivity contribution in [3.05, 3.63) is 129 Å². The van der Waals surface area contributed by atoms with E-state index < -0.39 is 53.9 Å². The largest absolute Gasteiger partial charge is 0.494 e. The van der Waals surface area contributed by atoms with Crippen LogP contribution in [0.1, 0.15) is 48.7 Å². The molecule has 0 amide bonds. The van der Waals surface area contributed by atoms with Crippen molar-refractivity contribution in [2.45, 2.75) is 50.4 Å². The molecule has 0 bridgehead atoms. The van der Waals surface area contributed by atoms with Gasteiger partial charge in [0.15, 0.2) is 54.5 Å². The van der Waals surface area contributed by atoms with Gasteiger partial charge in [0.25, 0.3) is 0 Å². The predicted molar refractivity (Wildman–Crippen MR) is 267 cm³/mol. The molecule has 2 aromatic carbocycles. The van der Waals surface area contributed by atoms with Crippen LogP contribution >= 0.6 is 31.9 Å². The van der Waals surface area contributed by atoms with Crippen LogP contribution in [0.15, 0.2) is 103 Å². The van der Waals surface area contributed by atoms with E-state index in [0.29, 0.717) is 66.4 Å². The van der Waals surface area contributed by atoms with Crippen LogP contribution in [0, 0.1) is 13.8 Å². The van der Waals surface area contributed by atoms with Crippen molar-refractivity contribution >= 4 is 51.5 Å². The number of halogens is 2. The minimum absolute atomic E-state index is 0.0195. The van der Waals surface area contributed by atoms with Crippen LogP contribution < -0.4 is 18.9 Å². The topological polar surface area (TPSA) is 285 Å². The molecular weight excluding hydrogens is 1110 g/mol. The van der Waals surface area contributed by atoms with Gasteiger partial charge in [-0.3, -0.25) is 9.13 Å². The minimum Gasteiger partial charge on any atom is -0.494 e. The van der Waals surface area contributed by atoms with Crippen molar-refractivity contribution in [2.75, 3.05) is 39.9 Å². The molecule has 26 heteroatoms. The van der Waals surface area contributed by atoms with Crippen LogP contribution in [-0.2, 0) is 42.4 Å². The van der Waals surface area contributed by atoms with Crippen LogP contribution in [0.25, 0.3) is 34.5 Å². The molecule has 0 unspecified atom stereocenters. The van der Waals surface area contributed by atoms with Crippen LogP contribution in [0.5, 0.6) is 23.0 Å². The second-order valence-corrected chi connectivity index (χ2v) is 22.4. The number of sulfone groups is 2. The summed E-state index contributed by atoms with van der Waals surface area (Å²) in [6.45, 7) is 6.26. The number of hydrogen-bond donors (Lipinski definition) is 2. The monoisotopic (exact) mass is 1150 g/mol. The Kier molecular flexibility index (Phi) is 16.0. The number of rotatable bonds is 18. The molecule has 0 aliphatic heterocycles. The Bertz CT molecular complexity index is 3140. The molecule has 380 valence electrons. The Labute approximate surface area is 430 Å². The number of aryl methyl sites for hydroxylation is 2. The fourth-order valence-electron chi connectivity index (χ4n) is 7.48. The molecule has 72 heavy (non-hydrogen) atoms. The second kappa shape index (κ2) is 21.6. The molecule has 0 fully saturated rings. The summed E-state index contributed by atoms with van der Waals surface area (Å²) in [5.74, 6) is 1.95. The first kappa shape index (κ1) is 53.2. The van der Waals surface area contributed by atoms with Crippen LogP contribution in [0.4, 0.5) is 0 Å². The fraction of sp³-hybridized carbons (Fsp3) is 0.304. The van der Waals surface area contributed by atoms with Crippen LogP contribution in [0.2, 0.25) is 0 Å². The number of furan rings is 2. The van der Waals surface area contributed by atoms with Crippen molar-refractivity contribution < 1.29 is 54.8 Å². The molecule has 0 saturated heterocycles. The molecule has 2 N–H and O–H groups in total. The zero-order chi connectivity index (χ0) is 52.2. The van der Waals surface area contributed by atoms with E-state index in [0.717, 1.165) is 0 Å². The lowest BCUT2D eigenvalue weighted by Crippen LogP contribution is -2.34. The van der Waals surface area contributed by atoms with Crippen LogP contribution in [-0.4, -0.2) is 116 Å². The van der Waals surface area contributed by atoms with E-state index in [9.17, 15) is 27.0 Å². The predicted octanol–water partition coefficient (Wildman–Crippen LogP) is 6.46. The molecule has 22 nitrogen and oxygen atoms in total. The van der Waals surface area contributed by atoms with Crippen molar-refractivity contribution in [2.24, 2.45) is 0 Å². The van der Waals surface area contributed by atoms with E-state index in [-0.39, 0.29) is 34.9 Å². The summed E-state index contributed by atoms with van der Waals surface area (Å²) in [4.78, 5) is 16.2. The Morgan fingerprint density at radius 2 is 0.861 bits per heavy atom. The van der Waals surface area contributed by atoms with E-state index in [2.05, 4.69) is 72.2 Å². The SMILES string of the molecule is COc1cccc(OC)c1-n1c(CS(=O)(=O)C[C@@](C)(O)c2ncc(Br)cn2)nnc1-c1ccc(C)o1.COc1cccc(OC)c1-n1c(CS(=O)(=O)C[C@](C)(O)c2ncc(Br)cn2)nnc1-c1ccc(C)o1. The zero-order valence-corrected chi connectivity index (χ0v) is 44.7. The molecule has 2 atom stereocenters. The van der Waals surface area contributed by atoms with E-state index >= 15 is 0 Å². The highest BCUT2D eigenvalue weighted by Gasteiger charge is 2.37. The number of aliphatic hydroxyl groups is 2. The third-order valence-corrected chi connectivity index (χ3v) is 14.8. The van der Waals surface area contributed by atoms with E-state index in [1.54, 1.807) is 74.5 Å². The van der Waals surface area contributed by atoms with Gasteiger partial charge in [0.05, 0.1) is 48.9 Å². The van der Waals surface area contributed by atoms with Crippen molar-refractivity contribution in [3.63, 3.8) is 0 Å². The smallest absolute Gasteiger partial charge is 0.204 e. The van der Waals surface area contributed by atoms with Gasteiger partial charge in [-0.25, -0.2) is 36.8 Å². The lowest BCUT2D eigenvalue weighted by molar-refractivity contribution is 0.0714. The van der Waals surface area contributed by atoms with E-state index in [4.69, 9.17) is 27.8 Å². The van der Waals surface area contributed by atoms with Gasteiger partial charge in [-0.2, -0.15) is 0 Å². The maximum atomic E-state index is 13.3. The molecular formula is C46H48Br2N10O12S2. The Morgan fingerprint density at radius 3 is 1.14 bits per heavy atom. The summed E-state index contributed by atoms with van der Waals surface area (Å²) in [6.07, 6.45) is 5.74. The first-order valence-corrected chi connectivity index (χ1v) is 26.6. The number of ether oxygens (including phenoxy) is 4. The highest BCUT2D eigenvalue weighted by atomic mass is 79.9. The number of methoxy groups -OCH3 is 4. The summed E-state index contributed by atoms with van der Waals surface area (Å²) in [6, 6.07) is 17.3. The van der Waals surface area contributed by atoms with Gasteiger partial charge in [-0.1, -0.05) is 12.1 Å². The van der Waals surface area contributed by atoms with Crippen molar-refractivity contribution in [1.29, 1.82) is 0 Å². The molecule has 8 rings (SSSR count). The summed E-state index contributed by atoms with van der Waals surface area (Å²) < 4.78 is 91.2. The van der Waals surface area contributed by atoms with Crippen LogP contribution in [0.3, 0.4) is 0 Å². The summed E-state index contributed by atoms with van der Waals surface area (Å²) in [5, 5.41) is 38.6. The summed E-state index contributed by atoms with van der Waals surface area (Å²) >= 11 is 6.45. The lowest BCUT2D eigenvalue weighted by atomic mass is 10.1. The Balaban J connectivity index is 0.000000211. The van der Waals surface area contributed by atoms with Gasteiger partial charge in [0.1, 0.15) is 68.6 Å². The highest BCUT2D eigenvalue weighted by Crippen LogP contribution is 2.39. The highest BCUT2D eigenvalue weighted by molar-refractivity contribution is 9.10. The minimum atomic E-state index is -3.96. The molecule has 6 heterocycles. The standard InChI is InChI=1S/2C23H24BrN5O6S/c2*1-14-8-9-18(35-14)21-28-27-19(29(21)20-16(33-3)6-5-7-17(20)34-4)12-36(31,32)13-23(2,30)22-25-10-15(24)11-26-22/h2*5-11,30H,12-13H2,1-4H3/t2*23-/m10/s1. The number of para-hydroxylation sites is 2. The first-order chi connectivity index (χ1) is 34.1. The average molecular weight is 1160 g/mol.